The molecule has 246 valence electrons. The van der Waals surface area contributed by atoms with E-state index in [0.29, 0.717) is 17.5 Å². The molecule has 9 aromatic rings. The minimum Gasteiger partial charge on any atom is -0.208 e. The lowest BCUT2D eigenvalue weighted by Gasteiger charge is -2.30. The molecule has 1 heterocycles. The van der Waals surface area contributed by atoms with Crippen molar-refractivity contribution in [2.75, 3.05) is 0 Å². The van der Waals surface area contributed by atoms with Gasteiger partial charge in [0.25, 0.3) is 0 Å². The molecule has 0 saturated heterocycles. The molecular formula is C50H31N3. The Labute approximate surface area is 308 Å². The van der Waals surface area contributed by atoms with Crippen LogP contribution in [0.25, 0.3) is 78.3 Å². The largest absolute Gasteiger partial charge is 0.208 e. The van der Waals surface area contributed by atoms with Crippen molar-refractivity contribution in [3.8, 4) is 67.5 Å². The molecule has 1 spiro atoms. The van der Waals surface area contributed by atoms with Gasteiger partial charge in [-0.1, -0.05) is 170 Å². The van der Waals surface area contributed by atoms with Gasteiger partial charge >= 0.3 is 0 Å². The molecule has 0 fully saturated rings. The Morgan fingerprint density at radius 3 is 1.57 bits per heavy atom. The van der Waals surface area contributed by atoms with Gasteiger partial charge in [-0.15, -0.1) is 0 Å². The van der Waals surface area contributed by atoms with Crippen LogP contribution in [0.15, 0.2) is 188 Å². The van der Waals surface area contributed by atoms with Crippen LogP contribution < -0.4 is 0 Å². The molecule has 1 aromatic heterocycles. The number of rotatable bonds is 4. The number of hydrogen-bond acceptors (Lipinski definition) is 3. The van der Waals surface area contributed by atoms with Crippen LogP contribution in [-0.2, 0) is 5.41 Å². The average molecular weight is 674 g/mol. The molecule has 53 heavy (non-hydrogen) atoms. The van der Waals surface area contributed by atoms with Crippen LogP contribution >= 0.6 is 0 Å². The van der Waals surface area contributed by atoms with E-state index in [4.69, 9.17) is 15.0 Å². The van der Waals surface area contributed by atoms with Gasteiger partial charge in [-0.3, -0.25) is 0 Å². The summed E-state index contributed by atoms with van der Waals surface area (Å²) < 4.78 is 0. The highest BCUT2D eigenvalue weighted by molar-refractivity contribution is 6.02. The van der Waals surface area contributed by atoms with E-state index in [1.807, 2.05) is 24.3 Å². The first kappa shape index (κ1) is 29.7. The van der Waals surface area contributed by atoms with Crippen molar-refractivity contribution in [2.24, 2.45) is 0 Å². The van der Waals surface area contributed by atoms with Gasteiger partial charge in [0.2, 0.25) is 0 Å². The first-order valence-electron chi connectivity index (χ1n) is 18.1. The highest BCUT2D eigenvalue weighted by Gasteiger charge is 2.52. The summed E-state index contributed by atoms with van der Waals surface area (Å²) in [4.78, 5) is 15.7. The number of hydrogen-bond donors (Lipinski definition) is 0. The van der Waals surface area contributed by atoms with Crippen LogP contribution in [-0.4, -0.2) is 15.0 Å². The second-order valence-corrected chi connectivity index (χ2v) is 13.9. The summed E-state index contributed by atoms with van der Waals surface area (Å²) in [5.41, 5.74) is 14.8. The molecular weight excluding hydrogens is 643 g/mol. The van der Waals surface area contributed by atoms with E-state index in [1.54, 1.807) is 0 Å². The summed E-state index contributed by atoms with van der Waals surface area (Å²) in [5, 5.41) is 2.49. The second kappa shape index (κ2) is 11.5. The molecule has 3 nitrogen and oxygen atoms in total. The van der Waals surface area contributed by atoms with Crippen molar-refractivity contribution in [3.63, 3.8) is 0 Å². The fourth-order valence-corrected chi connectivity index (χ4v) is 8.87. The van der Waals surface area contributed by atoms with E-state index in [-0.39, 0.29) is 0 Å². The quantitative estimate of drug-likeness (QED) is 0.187. The predicted molar refractivity (Wildman–Crippen MR) is 215 cm³/mol. The molecule has 11 rings (SSSR count). The zero-order valence-electron chi connectivity index (χ0n) is 28.7. The summed E-state index contributed by atoms with van der Waals surface area (Å²) in [6.45, 7) is 0. The highest BCUT2D eigenvalue weighted by Crippen LogP contribution is 2.64. The number of benzene rings is 8. The van der Waals surface area contributed by atoms with Crippen LogP contribution in [0, 0.1) is 0 Å². The van der Waals surface area contributed by atoms with Crippen LogP contribution in [0.4, 0.5) is 0 Å². The van der Waals surface area contributed by atoms with E-state index in [0.717, 1.165) is 27.8 Å². The molecule has 0 radical (unpaired) electrons. The van der Waals surface area contributed by atoms with Gasteiger partial charge in [-0.2, -0.15) is 0 Å². The molecule has 1 atom stereocenters. The third-order valence-corrected chi connectivity index (χ3v) is 11.1. The summed E-state index contributed by atoms with van der Waals surface area (Å²) in [7, 11) is 0. The number of aromatic nitrogens is 3. The standard InChI is InChI=1S/C50H31N3/c1-3-15-32(16-4-1)34-21-13-22-37(29-34)48-51-47(33-17-5-2-6-18-33)52-49(53-48)40-25-14-28-44-46(40)39-24-10-12-27-43(39)50(44)42-26-11-9-23-38(42)41-30-35-19-7-8-20-36(35)31-45(41)50/h1-31H. The zero-order valence-corrected chi connectivity index (χ0v) is 28.7. The molecule has 2 aliphatic rings. The maximum absolute atomic E-state index is 5.31. The molecule has 3 heteroatoms. The minimum absolute atomic E-state index is 0.486. The maximum atomic E-state index is 5.31. The van der Waals surface area contributed by atoms with Crippen molar-refractivity contribution >= 4 is 10.8 Å². The lowest BCUT2D eigenvalue weighted by atomic mass is 9.70. The third-order valence-electron chi connectivity index (χ3n) is 11.1. The Morgan fingerprint density at radius 2 is 0.792 bits per heavy atom. The normalized spacial score (nSPS) is 14.9. The molecule has 8 aromatic carbocycles. The Morgan fingerprint density at radius 1 is 0.283 bits per heavy atom. The van der Waals surface area contributed by atoms with Gasteiger partial charge in [-0.25, -0.2) is 15.0 Å². The monoisotopic (exact) mass is 673 g/mol. The fraction of sp³-hybridized carbons (Fsp3) is 0.0200. The van der Waals surface area contributed by atoms with E-state index >= 15 is 0 Å². The molecule has 0 bridgehead atoms. The Bertz CT molecular complexity index is 2900. The lowest BCUT2D eigenvalue weighted by molar-refractivity contribution is 0.795. The minimum atomic E-state index is -0.486. The molecule has 0 N–H and O–H groups in total. The van der Waals surface area contributed by atoms with Gasteiger partial charge in [0.15, 0.2) is 17.5 Å². The predicted octanol–water partition coefficient (Wildman–Crippen LogP) is 12.0. The zero-order chi connectivity index (χ0) is 34.9. The summed E-state index contributed by atoms with van der Waals surface area (Å²) in [6, 6.07) is 67.3. The van der Waals surface area contributed by atoms with Crippen molar-refractivity contribution in [2.45, 2.75) is 5.41 Å². The molecule has 1 unspecified atom stereocenters. The summed E-state index contributed by atoms with van der Waals surface area (Å²) >= 11 is 0. The lowest BCUT2D eigenvalue weighted by Crippen LogP contribution is -2.25. The Balaban J connectivity index is 1.19. The van der Waals surface area contributed by atoms with Crippen LogP contribution in [0.2, 0.25) is 0 Å². The second-order valence-electron chi connectivity index (χ2n) is 13.9. The number of nitrogens with zero attached hydrogens (tertiary/aromatic N) is 3. The molecule has 0 saturated carbocycles. The van der Waals surface area contributed by atoms with Crippen LogP contribution in [0.3, 0.4) is 0 Å². The van der Waals surface area contributed by atoms with Crippen molar-refractivity contribution in [3.05, 3.63) is 210 Å². The first-order valence-corrected chi connectivity index (χ1v) is 18.1. The summed E-state index contributed by atoms with van der Waals surface area (Å²) in [6.07, 6.45) is 0. The first-order chi connectivity index (χ1) is 26.3. The van der Waals surface area contributed by atoms with E-state index in [9.17, 15) is 0 Å². The summed E-state index contributed by atoms with van der Waals surface area (Å²) in [5.74, 6) is 1.96. The molecule has 0 amide bonds. The number of fused-ring (bicyclic) bond motifs is 11. The topological polar surface area (TPSA) is 38.7 Å². The Hall–Kier alpha value is -6.97. The average Bonchev–Trinajstić information content (AvgIpc) is 3.70. The maximum Gasteiger partial charge on any atom is 0.164 e. The van der Waals surface area contributed by atoms with Gasteiger partial charge in [0.05, 0.1) is 5.41 Å². The smallest absolute Gasteiger partial charge is 0.164 e. The van der Waals surface area contributed by atoms with Crippen LogP contribution in [0.5, 0.6) is 0 Å². The van der Waals surface area contributed by atoms with Gasteiger partial charge < -0.3 is 0 Å². The fourth-order valence-electron chi connectivity index (χ4n) is 8.87. The SMILES string of the molecule is c1ccc(-c2cccc(-c3nc(-c4ccccc4)nc(-c4cccc5c4-c4ccccc4C54c5ccccc5-c5cc6ccccc6cc54)n3)c2)cc1. The highest BCUT2D eigenvalue weighted by atomic mass is 15.0. The van der Waals surface area contributed by atoms with Gasteiger partial charge in [0.1, 0.15) is 0 Å². The Kier molecular flexibility index (Phi) is 6.47. The van der Waals surface area contributed by atoms with E-state index in [2.05, 4.69) is 164 Å². The van der Waals surface area contributed by atoms with Crippen molar-refractivity contribution in [1.82, 2.24) is 15.0 Å². The molecule has 2 aliphatic carbocycles. The van der Waals surface area contributed by atoms with Crippen LogP contribution in [0.1, 0.15) is 22.3 Å². The van der Waals surface area contributed by atoms with Crippen molar-refractivity contribution in [1.29, 1.82) is 0 Å². The van der Waals surface area contributed by atoms with Gasteiger partial charge in [0, 0.05) is 16.7 Å². The molecule has 0 aliphatic heterocycles. The van der Waals surface area contributed by atoms with E-state index < -0.39 is 5.41 Å². The van der Waals surface area contributed by atoms with Gasteiger partial charge in [-0.05, 0) is 84.6 Å². The third kappa shape index (κ3) is 4.38. The van der Waals surface area contributed by atoms with E-state index in [1.165, 1.54) is 55.3 Å². The van der Waals surface area contributed by atoms with Crippen molar-refractivity contribution < 1.29 is 0 Å².